The Balaban J connectivity index is 1.59. The molecule has 2 N–H and O–H groups in total. The molecule has 158 valence electrons. The highest BCUT2D eigenvalue weighted by molar-refractivity contribution is 6.05. The predicted octanol–water partition coefficient (Wildman–Crippen LogP) is 4.74. The summed E-state index contributed by atoms with van der Waals surface area (Å²) in [6.07, 6.45) is 1.03. The van der Waals surface area contributed by atoms with Crippen LogP contribution in [0.1, 0.15) is 34.8 Å². The van der Waals surface area contributed by atoms with E-state index < -0.39 is 5.97 Å². The zero-order valence-corrected chi connectivity index (χ0v) is 17.5. The van der Waals surface area contributed by atoms with Gasteiger partial charge < -0.3 is 15.4 Å². The SMILES string of the molecule is CC(=O)Oc1cccc(C(=O)Nc2cccc(NC(=O)CCc3ccccc3C)c2)c1. The summed E-state index contributed by atoms with van der Waals surface area (Å²) in [4.78, 5) is 36.0. The third-order valence-electron chi connectivity index (χ3n) is 4.64. The van der Waals surface area contributed by atoms with Gasteiger partial charge >= 0.3 is 5.97 Å². The number of nitrogens with one attached hydrogen (secondary N) is 2. The van der Waals surface area contributed by atoms with Gasteiger partial charge in [0.05, 0.1) is 0 Å². The fourth-order valence-corrected chi connectivity index (χ4v) is 3.11. The summed E-state index contributed by atoms with van der Waals surface area (Å²) < 4.78 is 5.01. The predicted molar refractivity (Wildman–Crippen MR) is 120 cm³/mol. The lowest BCUT2D eigenvalue weighted by Gasteiger charge is -2.10. The lowest BCUT2D eigenvalue weighted by molar-refractivity contribution is -0.131. The first-order valence-electron chi connectivity index (χ1n) is 9.95. The van der Waals surface area contributed by atoms with E-state index in [0.29, 0.717) is 35.5 Å². The number of rotatable bonds is 7. The highest BCUT2D eigenvalue weighted by atomic mass is 16.5. The molecule has 3 aromatic carbocycles. The normalized spacial score (nSPS) is 10.3. The quantitative estimate of drug-likeness (QED) is 0.430. The van der Waals surface area contributed by atoms with Crippen LogP contribution in [-0.2, 0) is 16.0 Å². The first-order valence-corrected chi connectivity index (χ1v) is 9.95. The maximum Gasteiger partial charge on any atom is 0.308 e. The average Bonchev–Trinajstić information content (AvgIpc) is 2.73. The Morgan fingerprint density at radius 3 is 2.29 bits per heavy atom. The second kappa shape index (κ2) is 10.2. The van der Waals surface area contributed by atoms with Crippen LogP contribution in [0.15, 0.2) is 72.8 Å². The molecule has 0 heterocycles. The first kappa shape index (κ1) is 21.8. The van der Waals surface area contributed by atoms with Gasteiger partial charge in [-0.15, -0.1) is 0 Å². The summed E-state index contributed by atoms with van der Waals surface area (Å²) in [5, 5.41) is 5.66. The van der Waals surface area contributed by atoms with Crippen LogP contribution in [0.5, 0.6) is 5.75 Å². The minimum Gasteiger partial charge on any atom is -0.427 e. The average molecular weight is 416 g/mol. The lowest BCUT2D eigenvalue weighted by Crippen LogP contribution is -2.14. The van der Waals surface area contributed by atoms with Gasteiger partial charge in [0, 0.05) is 30.3 Å². The van der Waals surface area contributed by atoms with E-state index in [1.165, 1.54) is 13.0 Å². The number of carbonyl (C=O) groups excluding carboxylic acids is 3. The van der Waals surface area contributed by atoms with Gasteiger partial charge in [0.25, 0.3) is 5.91 Å². The summed E-state index contributed by atoms with van der Waals surface area (Å²) in [6.45, 7) is 3.33. The second-order valence-electron chi connectivity index (χ2n) is 7.13. The van der Waals surface area contributed by atoms with Crippen molar-refractivity contribution in [2.45, 2.75) is 26.7 Å². The molecule has 0 fully saturated rings. The molecule has 0 bridgehead atoms. The van der Waals surface area contributed by atoms with Crippen molar-refractivity contribution in [3.05, 3.63) is 89.5 Å². The highest BCUT2D eigenvalue weighted by Gasteiger charge is 2.10. The first-order chi connectivity index (χ1) is 14.9. The number of amides is 2. The molecule has 3 aromatic rings. The van der Waals surface area contributed by atoms with Gasteiger partial charge in [-0.1, -0.05) is 36.4 Å². The molecule has 0 radical (unpaired) electrons. The van der Waals surface area contributed by atoms with Crippen molar-refractivity contribution in [3.63, 3.8) is 0 Å². The molecular formula is C25H24N2O4. The molecule has 6 heteroatoms. The van der Waals surface area contributed by atoms with Crippen molar-refractivity contribution in [3.8, 4) is 5.75 Å². The number of benzene rings is 3. The van der Waals surface area contributed by atoms with E-state index in [9.17, 15) is 14.4 Å². The van der Waals surface area contributed by atoms with Crippen molar-refractivity contribution >= 4 is 29.2 Å². The molecule has 31 heavy (non-hydrogen) atoms. The maximum absolute atomic E-state index is 12.5. The number of aryl methyl sites for hydroxylation is 2. The van der Waals surface area contributed by atoms with E-state index in [2.05, 4.69) is 10.6 Å². The third kappa shape index (κ3) is 6.54. The number of esters is 1. The minimum absolute atomic E-state index is 0.0965. The van der Waals surface area contributed by atoms with Gasteiger partial charge in [-0.2, -0.15) is 0 Å². The van der Waals surface area contributed by atoms with Crippen molar-refractivity contribution in [2.75, 3.05) is 10.6 Å². The second-order valence-corrected chi connectivity index (χ2v) is 7.13. The molecule has 0 aliphatic heterocycles. The Labute approximate surface area is 181 Å². The van der Waals surface area contributed by atoms with Crippen LogP contribution in [0.2, 0.25) is 0 Å². The zero-order chi connectivity index (χ0) is 22.2. The summed E-state index contributed by atoms with van der Waals surface area (Å²) in [5.41, 5.74) is 3.81. The van der Waals surface area contributed by atoms with Gasteiger partial charge in [-0.05, 0) is 60.9 Å². The summed E-state index contributed by atoms with van der Waals surface area (Å²) >= 11 is 0. The van der Waals surface area contributed by atoms with Crippen LogP contribution in [0.25, 0.3) is 0 Å². The van der Waals surface area contributed by atoms with Crippen LogP contribution in [0.4, 0.5) is 11.4 Å². The number of carbonyl (C=O) groups is 3. The van der Waals surface area contributed by atoms with Gasteiger partial charge in [0.15, 0.2) is 0 Å². The van der Waals surface area contributed by atoms with E-state index in [0.717, 1.165) is 11.1 Å². The topological polar surface area (TPSA) is 84.5 Å². The Morgan fingerprint density at radius 1 is 0.839 bits per heavy atom. The molecule has 0 unspecified atom stereocenters. The van der Waals surface area contributed by atoms with Gasteiger partial charge in [0.2, 0.25) is 5.91 Å². The standard InChI is InChI=1S/C25H24N2O4/c1-17-7-3-4-8-19(17)13-14-24(29)26-21-10-6-11-22(16-21)27-25(30)20-9-5-12-23(15-20)31-18(2)28/h3-12,15-16H,13-14H2,1-2H3,(H,26,29)(H,27,30). The molecule has 0 spiro atoms. The summed E-state index contributed by atoms with van der Waals surface area (Å²) in [7, 11) is 0. The van der Waals surface area contributed by atoms with Crippen molar-refractivity contribution in [1.82, 2.24) is 0 Å². The van der Waals surface area contributed by atoms with Crippen molar-refractivity contribution in [2.24, 2.45) is 0 Å². The molecule has 0 aliphatic carbocycles. The zero-order valence-electron chi connectivity index (χ0n) is 17.5. The molecule has 0 saturated heterocycles. The lowest BCUT2D eigenvalue weighted by atomic mass is 10.0. The molecule has 0 aliphatic rings. The van der Waals surface area contributed by atoms with E-state index in [-0.39, 0.29) is 11.8 Å². The Hall–Kier alpha value is -3.93. The number of ether oxygens (including phenoxy) is 1. The van der Waals surface area contributed by atoms with E-state index in [1.54, 1.807) is 42.5 Å². The number of hydrogen-bond donors (Lipinski definition) is 2. The van der Waals surface area contributed by atoms with Crippen LogP contribution in [-0.4, -0.2) is 17.8 Å². The monoisotopic (exact) mass is 416 g/mol. The van der Waals surface area contributed by atoms with Crippen LogP contribution < -0.4 is 15.4 Å². The van der Waals surface area contributed by atoms with E-state index in [1.807, 2.05) is 31.2 Å². The van der Waals surface area contributed by atoms with Crippen molar-refractivity contribution < 1.29 is 19.1 Å². The maximum atomic E-state index is 12.5. The molecule has 0 saturated carbocycles. The molecular weight excluding hydrogens is 392 g/mol. The summed E-state index contributed by atoms with van der Waals surface area (Å²) in [6, 6.07) is 21.3. The van der Waals surface area contributed by atoms with Crippen LogP contribution >= 0.6 is 0 Å². The van der Waals surface area contributed by atoms with Gasteiger partial charge in [-0.25, -0.2) is 0 Å². The molecule has 2 amide bonds. The molecule has 3 rings (SSSR count). The minimum atomic E-state index is -0.455. The van der Waals surface area contributed by atoms with Crippen molar-refractivity contribution in [1.29, 1.82) is 0 Å². The Morgan fingerprint density at radius 2 is 1.55 bits per heavy atom. The fourth-order valence-electron chi connectivity index (χ4n) is 3.11. The number of hydrogen-bond acceptors (Lipinski definition) is 4. The fraction of sp³-hybridized carbons (Fsp3) is 0.160. The number of anilines is 2. The molecule has 0 aromatic heterocycles. The highest BCUT2D eigenvalue weighted by Crippen LogP contribution is 2.19. The Kier molecular flexibility index (Phi) is 7.17. The summed E-state index contributed by atoms with van der Waals surface area (Å²) in [5.74, 6) is -0.601. The van der Waals surface area contributed by atoms with Gasteiger partial charge in [0.1, 0.15) is 5.75 Å². The van der Waals surface area contributed by atoms with Crippen LogP contribution in [0, 0.1) is 6.92 Å². The largest absolute Gasteiger partial charge is 0.427 e. The van der Waals surface area contributed by atoms with E-state index >= 15 is 0 Å². The van der Waals surface area contributed by atoms with E-state index in [4.69, 9.17) is 4.74 Å². The molecule has 0 atom stereocenters. The third-order valence-corrected chi connectivity index (χ3v) is 4.64. The Bertz CT molecular complexity index is 1110. The smallest absolute Gasteiger partial charge is 0.308 e. The van der Waals surface area contributed by atoms with Gasteiger partial charge in [-0.3, -0.25) is 14.4 Å². The molecule has 6 nitrogen and oxygen atoms in total. The van der Waals surface area contributed by atoms with Crippen LogP contribution in [0.3, 0.4) is 0 Å².